The summed E-state index contributed by atoms with van der Waals surface area (Å²) in [5, 5.41) is 0. The molecule has 0 aromatic heterocycles. The predicted molar refractivity (Wildman–Crippen MR) is 105 cm³/mol. The van der Waals surface area contributed by atoms with Crippen molar-refractivity contribution in [3.8, 4) is 5.75 Å². The molecule has 0 spiro atoms. The van der Waals surface area contributed by atoms with Gasteiger partial charge in [-0.25, -0.2) is 0 Å². The number of nitrogens with zero attached hydrogens (tertiary/aromatic N) is 2. The second-order valence-corrected chi connectivity index (χ2v) is 8.72. The van der Waals surface area contributed by atoms with Crippen LogP contribution in [0.1, 0.15) is 45.1 Å². The Morgan fingerprint density at radius 2 is 2.04 bits per heavy atom. The summed E-state index contributed by atoms with van der Waals surface area (Å²) < 4.78 is 5.90. The average molecular weight is 359 g/mol. The van der Waals surface area contributed by atoms with E-state index in [4.69, 9.17) is 4.74 Å². The third-order valence-electron chi connectivity index (χ3n) is 6.10. The molecule has 0 unspecified atom stereocenters. The van der Waals surface area contributed by atoms with Gasteiger partial charge in [0.15, 0.2) is 0 Å². The molecule has 1 heterocycles. The molecule has 4 nitrogen and oxygen atoms in total. The zero-order valence-electron chi connectivity index (χ0n) is 16.8. The van der Waals surface area contributed by atoms with Crippen LogP contribution in [-0.4, -0.2) is 49.0 Å². The molecule has 0 radical (unpaired) electrons. The molecule has 144 valence electrons. The van der Waals surface area contributed by atoms with Crippen molar-refractivity contribution in [3.05, 3.63) is 29.8 Å². The highest BCUT2D eigenvalue weighted by atomic mass is 16.5. The molecule has 2 fully saturated rings. The molecule has 4 heteroatoms. The molecular formula is C22H34N2O2. The number of benzene rings is 1. The van der Waals surface area contributed by atoms with Gasteiger partial charge in [-0.2, -0.15) is 0 Å². The first-order chi connectivity index (χ1) is 12.4. The fourth-order valence-electron chi connectivity index (χ4n) is 4.41. The van der Waals surface area contributed by atoms with Crippen molar-refractivity contribution in [2.24, 2.45) is 17.8 Å². The van der Waals surface area contributed by atoms with Gasteiger partial charge in [0.1, 0.15) is 5.75 Å². The van der Waals surface area contributed by atoms with Crippen molar-refractivity contribution < 1.29 is 9.53 Å². The highest BCUT2D eigenvalue weighted by Crippen LogP contribution is 2.40. The smallest absolute Gasteiger partial charge is 0.222 e. The number of piperidine rings is 1. The topological polar surface area (TPSA) is 32.8 Å². The van der Waals surface area contributed by atoms with E-state index in [1.165, 1.54) is 12.0 Å². The lowest BCUT2D eigenvalue weighted by Gasteiger charge is -2.31. The van der Waals surface area contributed by atoms with Gasteiger partial charge in [0, 0.05) is 32.6 Å². The number of carbonyl (C=O) groups is 1. The van der Waals surface area contributed by atoms with Crippen LogP contribution in [-0.2, 0) is 11.3 Å². The predicted octanol–water partition coefficient (Wildman–Crippen LogP) is 3.80. The van der Waals surface area contributed by atoms with Crippen LogP contribution in [0, 0.1) is 17.8 Å². The molecule has 1 saturated carbocycles. The van der Waals surface area contributed by atoms with Gasteiger partial charge < -0.3 is 9.64 Å². The molecule has 1 saturated heterocycles. The van der Waals surface area contributed by atoms with Crippen LogP contribution < -0.4 is 4.74 Å². The highest BCUT2D eigenvalue weighted by molar-refractivity contribution is 5.77. The van der Waals surface area contributed by atoms with Crippen LogP contribution in [0.3, 0.4) is 0 Å². The summed E-state index contributed by atoms with van der Waals surface area (Å²) in [5.74, 6) is 3.22. The summed E-state index contributed by atoms with van der Waals surface area (Å²) in [4.78, 5) is 16.4. The second-order valence-electron chi connectivity index (χ2n) is 8.72. The average Bonchev–Trinajstić information content (AvgIpc) is 2.98. The maximum atomic E-state index is 12.0. The standard InChI is InChI=1S/C22H34N2O2/c1-16(2)8-9-26-21-7-5-6-17(10-21)14-23(3)20-11-18-13-22(25)24(4)15-19(18)12-20/h5-7,10,16,18-20H,8-9,11-15H2,1-4H3/t18-,19+,20-/m1/s1. The Hall–Kier alpha value is -1.55. The second kappa shape index (κ2) is 8.43. The van der Waals surface area contributed by atoms with Gasteiger partial charge in [-0.15, -0.1) is 0 Å². The normalized spacial score (nSPS) is 25.8. The lowest BCUT2D eigenvalue weighted by molar-refractivity contribution is -0.134. The fourth-order valence-corrected chi connectivity index (χ4v) is 4.41. The highest BCUT2D eigenvalue weighted by Gasteiger charge is 2.41. The van der Waals surface area contributed by atoms with Crippen molar-refractivity contribution in [2.75, 3.05) is 27.2 Å². The number of hydrogen-bond donors (Lipinski definition) is 0. The third-order valence-corrected chi connectivity index (χ3v) is 6.10. The lowest BCUT2D eigenvalue weighted by Crippen LogP contribution is -2.39. The molecule has 3 atom stereocenters. The van der Waals surface area contributed by atoms with Gasteiger partial charge in [0.2, 0.25) is 5.91 Å². The lowest BCUT2D eigenvalue weighted by atomic mass is 9.88. The van der Waals surface area contributed by atoms with Gasteiger partial charge in [0.05, 0.1) is 6.61 Å². The molecule has 0 N–H and O–H groups in total. The van der Waals surface area contributed by atoms with Crippen LogP contribution in [0.4, 0.5) is 0 Å². The van der Waals surface area contributed by atoms with E-state index < -0.39 is 0 Å². The minimum atomic E-state index is 0.320. The summed E-state index contributed by atoms with van der Waals surface area (Å²) in [6.07, 6.45) is 4.20. The quantitative estimate of drug-likeness (QED) is 0.743. The van der Waals surface area contributed by atoms with Crippen LogP contribution >= 0.6 is 0 Å². The van der Waals surface area contributed by atoms with Gasteiger partial charge in [-0.3, -0.25) is 9.69 Å². The van der Waals surface area contributed by atoms with E-state index in [9.17, 15) is 4.79 Å². The molecule has 26 heavy (non-hydrogen) atoms. The van der Waals surface area contributed by atoms with E-state index in [-0.39, 0.29) is 0 Å². The van der Waals surface area contributed by atoms with E-state index in [0.717, 1.165) is 44.7 Å². The monoisotopic (exact) mass is 358 g/mol. The molecule has 1 aromatic rings. The van der Waals surface area contributed by atoms with Crippen molar-refractivity contribution in [1.82, 2.24) is 9.80 Å². The van der Waals surface area contributed by atoms with Crippen molar-refractivity contribution >= 4 is 5.91 Å². The summed E-state index contributed by atoms with van der Waals surface area (Å²) in [6, 6.07) is 9.09. The van der Waals surface area contributed by atoms with E-state index in [1.54, 1.807) is 0 Å². The van der Waals surface area contributed by atoms with E-state index in [2.05, 4.69) is 50.1 Å². The number of ether oxygens (including phenoxy) is 1. The summed E-state index contributed by atoms with van der Waals surface area (Å²) in [5.41, 5.74) is 1.30. The third kappa shape index (κ3) is 4.79. The number of rotatable bonds is 7. The summed E-state index contributed by atoms with van der Waals surface area (Å²) in [6.45, 7) is 7.10. The number of likely N-dealkylation sites (tertiary alicyclic amines) is 1. The van der Waals surface area contributed by atoms with E-state index in [1.807, 2.05) is 11.9 Å². The first kappa shape index (κ1) is 19.2. The molecular weight excluding hydrogens is 324 g/mol. The van der Waals surface area contributed by atoms with Crippen molar-refractivity contribution in [3.63, 3.8) is 0 Å². The van der Waals surface area contributed by atoms with Crippen molar-refractivity contribution in [2.45, 2.75) is 52.1 Å². The van der Waals surface area contributed by atoms with Gasteiger partial charge in [-0.1, -0.05) is 26.0 Å². The zero-order chi connectivity index (χ0) is 18.7. The maximum absolute atomic E-state index is 12.0. The number of carbonyl (C=O) groups excluding carboxylic acids is 1. The summed E-state index contributed by atoms with van der Waals surface area (Å²) >= 11 is 0. The Morgan fingerprint density at radius 1 is 1.27 bits per heavy atom. The number of hydrogen-bond acceptors (Lipinski definition) is 3. The van der Waals surface area contributed by atoms with Gasteiger partial charge in [0.25, 0.3) is 0 Å². The summed E-state index contributed by atoms with van der Waals surface area (Å²) in [7, 11) is 4.17. The van der Waals surface area contributed by atoms with Crippen LogP contribution in [0.5, 0.6) is 5.75 Å². The fraction of sp³-hybridized carbons (Fsp3) is 0.682. The molecule has 2 aliphatic rings. The Kier molecular flexibility index (Phi) is 6.23. The van der Waals surface area contributed by atoms with E-state index in [0.29, 0.717) is 29.7 Å². The number of amides is 1. The van der Waals surface area contributed by atoms with E-state index >= 15 is 0 Å². The van der Waals surface area contributed by atoms with Crippen molar-refractivity contribution in [1.29, 1.82) is 0 Å². The Balaban J connectivity index is 1.53. The van der Waals surface area contributed by atoms with Gasteiger partial charge in [-0.05, 0) is 61.8 Å². The molecule has 3 rings (SSSR count). The SMILES string of the molecule is CC(C)CCOc1cccc(CN(C)[C@@H]2C[C@@H]3CC(=O)N(C)C[C@@H]3C2)c1. The maximum Gasteiger partial charge on any atom is 0.222 e. The Bertz CT molecular complexity index is 616. The van der Waals surface area contributed by atoms with Crippen LogP contribution in [0.15, 0.2) is 24.3 Å². The number of fused-ring (bicyclic) bond motifs is 1. The zero-order valence-corrected chi connectivity index (χ0v) is 16.8. The first-order valence-electron chi connectivity index (χ1n) is 10.1. The minimum absolute atomic E-state index is 0.320. The Morgan fingerprint density at radius 3 is 2.81 bits per heavy atom. The molecule has 0 bridgehead atoms. The Labute approximate surface area is 158 Å². The molecule has 1 aromatic carbocycles. The van der Waals surface area contributed by atoms with Crippen LogP contribution in [0.25, 0.3) is 0 Å². The molecule has 1 aliphatic heterocycles. The van der Waals surface area contributed by atoms with Crippen LogP contribution in [0.2, 0.25) is 0 Å². The largest absolute Gasteiger partial charge is 0.494 e. The molecule has 1 amide bonds. The first-order valence-corrected chi connectivity index (χ1v) is 10.1. The minimum Gasteiger partial charge on any atom is -0.494 e. The van der Waals surface area contributed by atoms with Gasteiger partial charge >= 0.3 is 0 Å². The molecule has 1 aliphatic carbocycles.